The Labute approximate surface area is 180 Å². The molecule has 0 saturated carbocycles. The molecule has 0 unspecified atom stereocenters. The number of nitrogens with zero attached hydrogens (tertiary/aromatic N) is 3. The van der Waals surface area contributed by atoms with Crippen LogP contribution in [0.5, 0.6) is 0 Å². The molecule has 0 spiro atoms. The maximum absolute atomic E-state index is 13.2. The van der Waals surface area contributed by atoms with E-state index >= 15 is 0 Å². The fourth-order valence-corrected chi connectivity index (χ4v) is 3.54. The monoisotopic (exact) mass is 413 g/mol. The number of amides is 2. The van der Waals surface area contributed by atoms with Crippen LogP contribution in [0.1, 0.15) is 16.8 Å². The predicted octanol–water partition coefficient (Wildman–Crippen LogP) is 3.82. The fourth-order valence-electron chi connectivity index (χ4n) is 3.25. The predicted molar refractivity (Wildman–Crippen MR) is 119 cm³/mol. The molecule has 1 aliphatic heterocycles. The van der Waals surface area contributed by atoms with Gasteiger partial charge in [-0.3, -0.25) is 24.4 Å². The molecule has 5 nitrogen and oxygen atoms in total. The Morgan fingerprint density at radius 3 is 1.70 bits per heavy atom. The van der Waals surface area contributed by atoms with Gasteiger partial charge < -0.3 is 0 Å². The maximum atomic E-state index is 13.2. The van der Waals surface area contributed by atoms with Gasteiger partial charge in [0.15, 0.2) is 5.11 Å². The summed E-state index contributed by atoms with van der Waals surface area (Å²) in [4.78, 5) is 33.7. The SMILES string of the molecule is O=C1C(=Cc2ccccn2)C(=O)N(Cc2ccccc2)C(=S)N1Cc1ccccc1. The van der Waals surface area contributed by atoms with Crippen LogP contribution in [0, 0.1) is 0 Å². The van der Waals surface area contributed by atoms with Crippen LogP contribution >= 0.6 is 12.2 Å². The molecule has 0 atom stereocenters. The number of carbonyl (C=O) groups is 2. The number of thiocarbonyl (C=S) groups is 1. The van der Waals surface area contributed by atoms with Gasteiger partial charge >= 0.3 is 0 Å². The van der Waals surface area contributed by atoms with Crippen LogP contribution in [0.2, 0.25) is 0 Å². The van der Waals surface area contributed by atoms with E-state index in [1.54, 1.807) is 18.3 Å². The number of benzene rings is 2. The van der Waals surface area contributed by atoms with Crippen molar-refractivity contribution < 1.29 is 9.59 Å². The van der Waals surface area contributed by atoms with Crippen LogP contribution in [-0.2, 0) is 22.7 Å². The van der Waals surface area contributed by atoms with Crippen molar-refractivity contribution in [3.05, 3.63) is 107 Å². The average Bonchev–Trinajstić information content (AvgIpc) is 2.79. The van der Waals surface area contributed by atoms with Crippen molar-refractivity contribution in [2.45, 2.75) is 13.1 Å². The Morgan fingerprint density at radius 2 is 1.23 bits per heavy atom. The third kappa shape index (κ3) is 4.18. The molecule has 0 bridgehead atoms. The first-order valence-electron chi connectivity index (χ1n) is 9.52. The van der Waals surface area contributed by atoms with E-state index in [4.69, 9.17) is 12.2 Å². The van der Waals surface area contributed by atoms with Gasteiger partial charge in [0, 0.05) is 6.20 Å². The second-order valence-electron chi connectivity index (χ2n) is 6.85. The molecule has 6 heteroatoms. The highest BCUT2D eigenvalue weighted by molar-refractivity contribution is 7.80. The molecule has 1 aliphatic rings. The lowest BCUT2D eigenvalue weighted by molar-refractivity contribution is -0.134. The molecular formula is C24H19N3O2S. The molecule has 0 radical (unpaired) electrons. The van der Waals surface area contributed by atoms with Crippen LogP contribution in [0.25, 0.3) is 6.08 Å². The summed E-state index contributed by atoms with van der Waals surface area (Å²) < 4.78 is 0. The second-order valence-corrected chi connectivity index (χ2v) is 7.21. The molecule has 0 N–H and O–H groups in total. The summed E-state index contributed by atoms with van der Waals surface area (Å²) in [6.07, 6.45) is 3.15. The molecule has 0 aliphatic carbocycles. The van der Waals surface area contributed by atoms with E-state index in [-0.39, 0.29) is 23.8 Å². The molecule has 4 rings (SSSR count). The smallest absolute Gasteiger partial charge is 0.266 e. The zero-order valence-corrected chi connectivity index (χ0v) is 17.0. The molecule has 148 valence electrons. The molecule has 2 amide bonds. The number of carbonyl (C=O) groups excluding carboxylic acids is 2. The summed E-state index contributed by atoms with van der Waals surface area (Å²) >= 11 is 5.59. The highest BCUT2D eigenvalue weighted by Gasteiger charge is 2.39. The van der Waals surface area contributed by atoms with Crippen LogP contribution in [0.4, 0.5) is 0 Å². The quantitative estimate of drug-likeness (QED) is 0.363. The first-order chi connectivity index (χ1) is 14.6. The lowest BCUT2D eigenvalue weighted by atomic mass is 10.1. The third-order valence-electron chi connectivity index (χ3n) is 4.76. The largest absolute Gasteiger partial charge is 0.280 e. The van der Waals surface area contributed by atoms with Crippen molar-refractivity contribution in [1.29, 1.82) is 0 Å². The second kappa shape index (κ2) is 8.80. The third-order valence-corrected chi connectivity index (χ3v) is 5.20. The van der Waals surface area contributed by atoms with Crippen LogP contribution in [0.15, 0.2) is 90.6 Å². The lowest BCUT2D eigenvalue weighted by Crippen LogP contribution is -2.55. The molecule has 30 heavy (non-hydrogen) atoms. The summed E-state index contributed by atoms with van der Waals surface area (Å²) in [5.74, 6) is -0.826. The Kier molecular flexibility index (Phi) is 5.77. The minimum atomic E-state index is -0.413. The summed E-state index contributed by atoms with van der Waals surface area (Å²) in [5.41, 5.74) is 2.45. The molecule has 1 fully saturated rings. The van der Waals surface area contributed by atoms with Gasteiger partial charge in [-0.1, -0.05) is 66.7 Å². The van der Waals surface area contributed by atoms with E-state index in [1.807, 2.05) is 66.7 Å². The van der Waals surface area contributed by atoms with Crippen LogP contribution in [-0.4, -0.2) is 31.7 Å². The minimum Gasteiger partial charge on any atom is -0.280 e. The average molecular weight is 414 g/mol. The molecule has 1 aromatic heterocycles. The van der Waals surface area contributed by atoms with Gasteiger partial charge in [0.1, 0.15) is 5.57 Å². The van der Waals surface area contributed by atoms with Crippen molar-refractivity contribution in [3.63, 3.8) is 0 Å². The summed E-state index contributed by atoms with van der Waals surface area (Å²) in [5, 5.41) is 0.205. The van der Waals surface area contributed by atoms with E-state index < -0.39 is 11.8 Å². The number of pyridine rings is 1. The van der Waals surface area contributed by atoms with Gasteiger partial charge in [-0.15, -0.1) is 0 Å². The first kappa shape index (κ1) is 19.7. The Bertz CT molecular complexity index is 1030. The topological polar surface area (TPSA) is 53.5 Å². The van der Waals surface area contributed by atoms with Crippen molar-refractivity contribution in [1.82, 2.24) is 14.8 Å². The molecule has 2 aromatic carbocycles. The van der Waals surface area contributed by atoms with E-state index in [0.717, 1.165) is 11.1 Å². The minimum absolute atomic E-state index is 0.0502. The normalized spacial score (nSPS) is 14.3. The maximum Gasteiger partial charge on any atom is 0.266 e. The molecule has 1 saturated heterocycles. The van der Waals surface area contributed by atoms with Gasteiger partial charge in [-0.25, -0.2) is 0 Å². The van der Waals surface area contributed by atoms with E-state index in [2.05, 4.69) is 4.98 Å². The van der Waals surface area contributed by atoms with Gasteiger partial charge in [-0.2, -0.15) is 0 Å². The highest BCUT2D eigenvalue weighted by atomic mass is 32.1. The summed E-state index contributed by atoms with van der Waals surface area (Å²) in [6.45, 7) is 0.577. The van der Waals surface area contributed by atoms with Crippen LogP contribution in [0.3, 0.4) is 0 Å². The number of aromatic nitrogens is 1. The molecular weight excluding hydrogens is 394 g/mol. The van der Waals surface area contributed by atoms with Crippen molar-refractivity contribution in [2.24, 2.45) is 0 Å². The van der Waals surface area contributed by atoms with E-state index in [1.165, 1.54) is 15.9 Å². The van der Waals surface area contributed by atoms with Gasteiger partial charge in [0.2, 0.25) is 0 Å². The summed E-state index contributed by atoms with van der Waals surface area (Å²) in [6, 6.07) is 24.5. The van der Waals surface area contributed by atoms with E-state index in [0.29, 0.717) is 5.69 Å². The Hall–Kier alpha value is -3.64. The standard InChI is InChI=1S/C24H19N3O2S/c28-22-21(15-20-13-7-8-14-25-20)23(29)27(17-19-11-5-2-6-12-19)24(30)26(22)16-18-9-3-1-4-10-18/h1-15H,16-17H2. The van der Waals surface area contributed by atoms with Crippen LogP contribution < -0.4 is 0 Å². The number of hydrogen-bond donors (Lipinski definition) is 0. The number of rotatable bonds is 5. The molecule has 3 aromatic rings. The Balaban J connectivity index is 1.72. The molecule has 2 heterocycles. The highest BCUT2D eigenvalue weighted by Crippen LogP contribution is 2.23. The number of hydrogen-bond acceptors (Lipinski definition) is 4. The van der Waals surface area contributed by atoms with Crippen molar-refractivity contribution in [3.8, 4) is 0 Å². The van der Waals surface area contributed by atoms with Crippen molar-refractivity contribution >= 4 is 35.2 Å². The zero-order chi connectivity index (χ0) is 20.9. The van der Waals surface area contributed by atoms with Gasteiger partial charge in [-0.05, 0) is 41.6 Å². The Morgan fingerprint density at radius 1 is 0.733 bits per heavy atom. The van der Waals surface area contributed by atoms with E-state index in [9.17, 15) is 9.59 Å². The zero-order valence-electron chi connectivity index (χ0n) is 16.1. The fraction of sp³-hybridized carbons (Fsp3) is 0.0833. The van der Waals surface area contributed by atoms with Gasteiger partial charge in [0.05, 0.1) is 18.8 Å². The van der Waals surface area contributed by atoms with Gasteiger partial charge in [0.25, 0.3) is 11.8 Å². The van der Waals surface area contributed by atoms with Crippen molar-refractivity contribution in [2.75, 3.05) is 0 Å². The first-order valence-corrected chi connectivity index (χ1v) is 9.92. The lowest BCUT2D eigenvalue weighted by Gasteiger charge is -2.36. The summed E-state index contributed by atoms with van der Waals surface area (Å²) in [7, 11) is 0.